The number of amides is 2. The van der Waals surface area contributed by atoms with E-state index in [0.717, 1.165) is 19.3 Å². The first-order valence-electron chi connectivity index (χ1n) is 10.2. The molecule has 0 aromatic rings. The van der Waals surface area contributed by atoms with Crippen LogP contribution >= 0.6 is 0 Å². The molecule has 0 aromatic heterocycles. The molecular weight excluding hydrogens is 383 g/mol. The van der Waals surface area contributed by atoms with Crippen molar-refractivity contribution in [3.8, 4) is 6.07 Å². The first-order valence-corrected chi connectivity index (χ1v) is 10.2. The number of nitriles is 1. The maximum atomic E-state index is 13.1. The van der Waals surface area contributed by atoms with E-state index >= 15 is 0 Å². The van der Waals surface area contributed by atoms with E-state index in [0.29, 0.717) is 25.3 Å². The molecule has 5 atom stereocenters. The SMILES string of the molecule is [CH2-]C1CC2CC1C(C[O-])(N(CC(=O)N1CCCC1C#N)C(=O)OC(C)(C)C)C2.[Mg+2]. The summed E-state index contributed by atoms with van der Waals surface area (Å²) >= 11 is 0. The molecule has 2 saturated carbocycles. The van der Waals surface area contributed by atoms with Gasteiger partial charge in [-0.25, -0.2) is 4.79 Å². The summed E-state index contributed by atoms with van der Waals surface area (Å²) in [7, 11) is 0. The monoisotopic (exact) mass is 413 g/mol. The third-order valence-corrected chi connectivity index (χ3v) is 6.54. The summed E-state index contributed by atoms with van der Waals surface area (Å²) in [5, 5.41) is 21.8. The Morgan fingerprint density at radius 1 is 1.38 bits per heavy atom. The first-order chi connectivity index (χ1) is 13.1. The minimum Gasteiger partial charge on any atom is -0.853 e. The minimum absolute atomic E-state index is 0. The first kappa shape index (κ1) is 24.2. The van der Waals surface area contributed by atoms with Crippen molar-refractivity contribution in [3.63, 3.8) is 0 Å². The van der Waals surface area contributed by atoms with E-state index < -0.39 is 29.9 Å². The number of hydrogen-bond donors (Lipinski definition) is 0. The van der Waals surface area contributed by atoms with Crippen LogP contribution in [0.2, 0.25) is 0 Å². The smallest absolute Gasteiger partial charge is 0.853 e. The molecule has 29 heavy (non-hydrogen) atoms. The average molecular weight is 414 g/mol. The van der Waals surface area contributed by atoms with Gasteiger partial charge in [0, 0.05) is 12.1 Å². The molecule has 0 N–H and O–H groups in total. The Kier molecular flexibility index (Phi) is 7.51. The van der Waals surface area contributed by atoms with Crippen LogP contribution in [-0.4, -0.2) is 81.7 Å². The quantitative estimate of drug-likeness (QED) is 0.511. The molecule has 1 heterocycles. The van der Waals surface area contributed by atoms with Crippen molar-refractivity contribution in [2.45, 2.75) is 70.1 Å². The molecule has 156 valence electrons. The molecule has 0 aromatic carbocycles. The standard InChI is InChI=1S/C21H31N3O4.Mg/c1-14-8-15-9-17(14)21(10-15,13-25)24(19(27)28-20(2,3)4)12-18(26)23-7-5-6-16(23)11-22;/h14-17H,1,5-10,12-13H2,2-4H3;/q-2;+2. The van der Waals surface area contributed by atoms with Crippen molar-refractivity contribution in [3.05, 3.63) is 6.92 Å². The van der Waals surface area contributed by atoms with Crippen LogP contribution in [0, 0.1) is 36.0 Å². The van der Waals surface area contributed by atoms with Crippen molar-refractivity contribution in [1.29, 1.82) is 5.26 Å². The molecule has 0 radical (unpaired) electrons. The Labute approximate surface area is 189 Å². The van der Waals surface area contributed by atoms with E-state index in [9.17, 15) is 20.0 Å². The predicted octanol–water partition coefficient (Wildman–Crippen LogP) is 1.34. The molecule has 2 amide bonds. The Morgan fingerprint density at radius 3 is 2.59 bits per heavy atom. The molecule has 1 saturated heterocycles. The van der Waals surface area contributed by atoms with Gasteiger partial charge >= 0.3 is 29.1 Å². The molecule has 3 aliphatic rings. The fourth-order valence-electron chi connectivity index (χ4n) is 5.42. The second kappa shape index (κ2) is 8.99. The summed E-state index contributed by atoms with van der Waals surface area (Å²) < 4.78 is 5.59. The number of fused-ring (bicyclic) bond motifs is 2. The van der Waals surface area contributed by atoms with Gasteiger partial charge in [0.1, 0.15) is 18.2 Å². The van der Waals surface area contributed by atoms with E-state index in [1.54, 1.807) is 20.8 Å². The molecule has 5 unspecified atom stereocenters. The topological polar surface area (TPSA) is 96.7 Å². The largest absolute Gasteiger partial charge is 2.00 e. The summed E-state index contributed by atoms with van der Waals surface area (Å²) in [6, 6.07) is 1.70. The predicted molar refractivity (Wildman–Crippen MR) is 106 cm³/mol. The Balaban J connectivity index is 0.00000300. The molecule has 0 spiro atoms. The molecule has 2 bridgehead atoms. The van der Waals surface area contributed by atoms with Crippen LogP contribution in [0.3, 0.4) is 0 Å². The van der Waals surface area contributed by atoms with Gasteiger partial charge in [-0.15, -0.1) is 6.61 Å². The maximum Gasteiger partial charge on any atom is 2.00 e. The molecule has 3 fully saturated rings. The maximum absolute atomic E-state index is 13.1. The van der Waals surface area contributed by atoms with E-state index in [1.165, 1.54) is 9.80 Å². The number of ether oxygens (including phenoxy) is 1. The normalized spacial score (nSPS) is 33.2. The van der Waals surface area contributed by atoms with Gasteiger partial charge < -0.3 is 21.7 Å². The average Bonchev–Trinajstić information content (AvgIpc) is 3.31. The second-order valence-corrected chi connectivity index (χ2v) is 9.60. The van der Waals surface area contributed by atoms with Gasteiger partial charge in [-0.1, -0.05) is 6.42 Å². The van der Waals surface area contributed by atoms with Crippen LogP contribution in [0.4, 0.5) is 4.79 Å². The minimum atomic E-state index is -0.935. The van der Waals surface area contributed by atoms with Gasteiger partial charge in [0.2, 0.25) is 5.91 Å². The van der Waals surface area contributed by atoms with Crippen molar-refractivity contribution in [2.75, 3.05) is 19.7 Å². The third-order valence-electron chi connectivity index (χ3n) is 6.54. The molecule has 7 nitrogen and oxygen atoms in total. The Hall–Kier alpha value is -1.04. The number of rotatable bonds is 4. The molecular formula is C21H31MgN3O4. The number of nitrogens with zero attached hydrogens (tertiary/aromatic N) is 3. The second-order valence-electron chi connectivity index (χ2n) is 9.60. The zero-order chi connectivity index (χ0) is 20.7. The number of carbonyl (C=O) groups is 2. The van der Waals surface area contributed by atoms with E-state index in [2.05, 4.69) is 13.0 Å². The summed E-state index contributed by atoms with van der Waals surface area (Å²) in [6.07, 6.45) is 3.23. The zero-order valence-electron chi connectivity index (χ0n) is 17.9. The Morgan fingerprint density at radius 2 is 2.07 bits per heavy atom. The van der Waals surface area contributed by atoms with Crippen molar-refractivity contribution in [2.24, 2.45) is 17.8 Å². The fraction of sp³-hybridized carbons (Fsp3) is 0.810. The van der Waals surface area contributed by atoms with E-state index in [1.807, 2.05) is 0 Å². The zero-order valence-corrected chi connectivity index (χ0v) is 19.3. The van der Waals surface area contributed by atoms with Crippen molar-refractivity contribution < 1.29 is 19.4 Å². The van der Waals surface area contributed by atoms with Gasteiger partial charge in [-0.3, -0.25) is 9.69 Å². The van der Waals surface area contributed by atoms with E-state index in [-0.39, 0.29) is 47.3 Å². The van der Waals surface area contributed by atoms with Gasteiger partial charge in [-0.05, 0) is 58.3 Å². The summed E-state index contributed by atoms with van der Waals surface area (Å²) in [6.45, 7) is 9.34. The van der Waals surface area contributed by atoms with Crippen LogP contribution in [-0.2, 0) is 9.53 Å². The van der Waals surface area contributed by atoms with Crippen molar-refractivity contribution >= 4 is 35.1 Å². The van der Waals surface area contributed by atoms with E-state index in [4.69, 9.17) is 4.74 Å². The summed E-state index contributed by atoms with van der Waals surface area (Å²) in [4.78, 5) is 29.0. The summed E-state index contributed by atoms with van der Waals surface area (Å²) in [5.41, 5.74) is -1.66. The van der Waals surface area contributed by atoms with Crippen LogP contribution < -0.4 is 5.11 Å². The number of carbonyl (C=O) groups excluding carboxylic acids is 2. The van der Waals surface area contributed by atoms with Crippen LogP contribution in [0.15, 0.2) is 0 Å². The van der Waals surface area contributed by atoms with Crippen molar-refractivity contribution in [1.82, 2.24) is 9.80 Å². The van der Waals surface area contributed by atoms with Gasteiger partial charge in [0.25, 0.3) is 0 Å². The van der Waals surface area contributed by atoms with Gasteiger partial charge in [0.05, 0.1) is 6.07 Å². The van der Waals surface area contributed by atoms with Crippen LogP contribution in [0.25, 0.3) is 0 Å². The number of hydrogen-bond acceptors (Lipinski definition) is 5. The molecule has 1 aliphatic heterocycles. The molecule has 8 heteroatoms. The van der Waals surface area contributed by atoms with Gasteiger partial charge in [-0.2, -0.15) is 11.2 Å². The Bertz CT molecular complexity index is 674. The van der Waals surface area contributed by atoms with Gasteiger partial charge in [0.15, 0.2) is 0 Å². The fourth-order valence-corrected chi connectivity index (χ4v) is 5.42. The third kappa shape index (κ3) is 4.67. The molecule has 2 aliphatic carbocycles. The van der Waals surface area contributed by atoms with Crippen LogP contribution in [0.5, 0.6) is 0 Å². The number of likely N-dealkylation sites (tertiary alicyclic amines) is 1. The summed E-state index contributed by atoms with van der Waals surface area (Å²) in [5.74, 6) is 0.165. The van der Waals surface area contributed by atoms with Crippen LogP contribution in [0.1, 0.15) is 52.9 Å². The molecule has 3 rings (SSSR count).